The van der Waals surface area contributed by atoms with E-state index < -0.39 is 16.3 Å². The van der Waals surface area contributed by atoms with E-state index in [4.69, 9.17) is 4.74 Å². The molecule has 1 unspecified atom stereocenters. The van der Waals surface area contributed by atoms with Crippen molar-refractivity contribution in [2.24, 2.45) is 0 Å². The predicted molar refractivity (Wildman–Crippen MR) is 88.1 cm³/mol. The molecule has 3 rings (SSSR count). The van der Waals surface area contributed by atoms with Gasteiger partial charge in [-0.05, 0) is 36.4 Å². The average molecular weight is 363 g/mol. The van der Waals surface area contributed by atoms with Crippen LogP contribution >= 0.6 is 11.3 Å². The van der Waals surface area contributed by atoms with E-state index in [0.717, 1.165) is 0 Å². The van der Waals surface area contributed by atoms with Gasteiger partial charge in [0, 0.05) is 0 Å². The van der Waals surface area contributed by atoms with Crippen molar-refractivity contribution < 1.29 is 18.3 Å². The molecule has 1 atom stereocenters. The van der Waals surface area contributed by atoms with Crippen LogP contribution in [-0.4, -0.2) is 23.7 Å². The van der Waals surface area contributed by atoms with Gasteiger partial charge in [-0.15, -0.1) is 10.2 Å². The normalized spacial score (nSPS) is 12.7. The number of nitrogens with one attached hydrogen (secondary N) is 1. The Balaban J connectivity index is 1.87. The van der Waals surface area contributed by atoms with E-state index in [1.54, 1.807) is 18.2 Å². The highest BCUT2D eigenvalue weighted by Gasteiger charge is 2.25. The average Bonchev–Trinajstić information content (AvgIpc) is 3.11. The van der Waals surface area contributed by atoms with Crippen molar-refractivity contribution >= 4 is 21.4 Å². The lowest BCUT2D eigenvalue weighted by Gasteiger charge is -2.18. The summed E-state index contributed by atoms with van der Waals surface area (Å²) in [7, 11) is -3.80. The van der Waals surface area contributed by atoms with Crippen LogP contribution in [0.25, 0.3) is 0 Å². The van der Waals surface area contributed by atoms with Gasteiger partial charge in [0.05, 0.1) is 4.90 Å². The number of nitrogens with zero attached hydrogens (tertiary/aromatic N) is 2. The molecule has 3 aromatic rings. The minimum atomic E-state index is -3.80. The number of rotatable bonds is 6. The van der Waals surface area contributed by atoms with Crippen LogP contribution in [0.5, 0.6) is 11.5 Å². The lowest BCUT2D eigenvalue weighted by molar-refractivity contribution is 0.192. The Morgan fingerprint density at radius 2 is 1.79 bits per heavy atom. The third-order valence-electron chi connectivity index (χ3n) is 3.01. The van der Waals surface area contributed by atoms with Gasteiger partial charge >= 0.3 is 0 Å². The Morgan fingerprint density at radius 1 is 1.08 bits per heavy atom. The highest BCUT2D eigenvalue weighted by molar-refractivity contribution is 7.89. The van der Waals surface area contributed by atoms with Gasteiger partial charge in [-0.3, -0.25) is 0 Å². The first kappa shape index (κ1) is 16.4. The standard InChI is InChI=1S/C15H13N3O4S2/c19-11-6-8-12(9-7-11)22-14(15-17-16-10-23-15)18-24(20,21)13-4-2-1-3-5-13/h1-10,14,18-19H. The van der Waals surface area contributed by atoms with Gasteiger partial charge < -0.3 is 9.84 Å². The zero-order valence-electron chi connectivity index (χ0n) is 12.2. The van der Waals surface area contributed by atoms with E-state index in [-0.39, 0.29) is 10.6 Å². The molecule has 0 saturated carbocycles. The van der Waals surface area contributed by atoms with Crippen LogP contribution in [0.2, 0.25) is 0 Å². The Bertz CT molecular complexity index is 882. The zero-order valence-corrected chi connectivity index (χ0v) is 13.9. The summed E-state index contributed by atoms with van der Waals surface area (Å²) >= 11 is 1.17. The summed E-state index contributed by atoms with van der Waals surface area (Å²) < 4.78 is 33.2. The van der Waals surface area contributed by atoms with Crippen LogP contribution < -0.4 is 9.46 Å². The number of aromatic hydroxyl groups is 1. The number of phenols is 1. The summed E-state index contributed by atoms with van der Waals surface area (Å²) in [6.07, 6.45) is -1.03. The maximum atomic E-state index is 12.5. The van der Waals surface area contributed by atoms with Gasteiger partial charge in [0.25, 0.3) is 0 Å². The summed E-state index contributed by atoms with van der Waals surface area (Å²) in [5.41, 5.74) is 1.49. The molecule has 0 amide bonds. The van der Waals surface area contributed by atoms with Crippen molar-refractivity contribution in [3.05, 3.63) is 65.1 Å². The van der Waals surface area contributed by atoms with Crippen molar-refractivity contribution in [2.45, 2.75) is 11.1 Å². The van der Waals surface area contributed by atoms with Gasteiger partial charge in [0.1, 0.15) is 17.0 Å². The molecule has 1 aromatic heterocycles. The summed E-state index contributed by atoms with van der Waals surface area (Å²) in [5.74, 6) is 0.462. The van der Waals surface area contributed by atoms with E-state index in [1.807, 2.05) is 0 Å². The van der Waals surface area contributed by atoms with E-state index in [2.05, 4.69) is 14.9 Å². The van der Waals surface area contributed by atoms with Crippen molar-refractivity contribution in [1.82, 2.24) is 14.9 Å². The minimum Gasteiger partial charge on any atom is -0.508 e. The maximum absolute atomic E-state index is 12.5. The Kier molecular flexibility index (Phi) is 4.74. The predicted octanol–water partition coefficient (Wildman–Crippen LogP) is 2.30. The van der Waals surface area contributed by atoms with Crippen LogP contribution in [0, 0.1) is 0 Å². The van der Waals surface area contributed by atoms with E-state index >= 15 is 0 Å². The molecule has 2 N–H and O–H groups in total. The summed E-state index contributed by atoms with van der Waals surface area (Å²) in [6.45, 7) is 0. The number of benzene rings is 2. The molecule has 0 spiro atoms. The van der Waals surface area contributed by atoms with Crippen molar-refractivity contribution in [2.75, 3.05) is 0 Å². The lowest BCUT2D eigenvalue weighted by Crippen LogP contribution is -2.32. The molecule has 24 heavy (non-hydrogen) atoms. The smallest absolute Gasteiger partial charge is 0.243 e. The van der Waals surface area contributed by atoms with Crippen LogP contribution in [0.1, 0.15) is 11.2 Å². The van der Waals surface area contributed by atoms with Gasteiger partial charge in [0.15, 0.2) is 5.01 Å². The molecule has 0 bridgehead atoms. The third-order valence-corrected chi connectivity index (χ3v) is 5.16. The first-order valence-electron chi connectivity index (χ1n) is 6.84. The monoisotopic (exact) mass is 363 g/mol. The molecular formula is C15H13N3O4S2. The fourth-order valence-corrected chi connectivity index (χ4v) is 3.59. The molecule has 0 radical (unpaired) electrons. The summed E-state index contributed by atoms with van der Waals surface area (Å²) in [6, 6.07) is 13.9. The molecule has 0 fully saturated rings. The molecule has 1 heterocycles. The molecule has 0 aliphatic rings. The molecule has 2 aromatic carbocycles. The molecule has 0 aliphatic heterocycles. The van der Waals surface area contributed by atoms with Gasteiger partial charge in [0.2, 0.25) is 16.3 Å². The van der Waals surface area contributed by atoms with Gasteiger partial charge in [-0.1, -0.05) is 29.5 Å². The lowest BCUT2D eigenvalue weighted by atomic mass is 10.3. The van der Waals surface area contributed by atoms with Crippen LogP contribution in [0.3, 0.4) is 0 Å². The Hall–Kier alpha value is -2.49. The number of sulfonamides is 1. The highest BCUT2D eigenvalue weighted by Crippen LogP contribution is 2.24. The van der Waals surface area contributed by atoms with Crippen molar-refractivity contribution in [3.8, 4) is 11.5 Å². The molecular weight excluding hydrogens is 350 g/mol. The molecule has 7 nitrogen and oxygen atoms in total. The third kappa shape index (κ3) is 3.88. The Morgan fingerprint density at radius 3 is 2.42 bits per heavy atom. The first-order valence-corrected chi connectivity index (χ1v) is 9.20. The number of aromatic nitrogens is 2. The number of hydrogen-bond donors (Lipinski definition) is 2. The van der Waals surface area contributed by atoms with Crippen molar-refractivity contribution in [3.63, 3.8) is 0 Å². The second kappa shape index (κ2) is 6.95. The van der Waals surface area contributed by atoms with Crippen LogP contribution in [-0.2, 0) is 10.0 Å². The quantitative estimate of drug-likeness (QED) is 0.652. The fraction of sp³-hybridized carbons (Fsp3) is 0.0667. The van der Waals surface area contributed by atoms with E-state index in [0.29, 0.717) is 10.8 Å². The SMILES string of the molecule is O=S(=O)(NC(Oc1ccc(O)cc1)c1nncs1)c1ccccc1. The van der Waals surface area contributed by atoms with Crippen LogP contribution in [0.4, 0.5) is 0 Å². The molecule has 124 valence electrons. The molecule has 9 heteroatoms. The number of ether oxygens (including phenoxy) is 1. The van der Waals surface area contributed by atoms with Crippen molar-refractivity contribution in [1.29, 1.82) is 0 Å². The van der Waals surface area contributed by atoms with Gasteiger partial charge in [-0.2, -0.15) is 4.72 Å². The number of phenolic OH excluding ortho intramolecular Hbond substituents is 1. The Labute approximate surface area is 142 Å². The minimum absolute atomic E-state index is 0.0830. The number of hydrogen-bond acceptors (Lipinski definition) is 7. The summed E-state index contributed by atoms with van der Waals surface area (Å²) in [5, 5.41) is 17.3. The molecule has 0 aliphatic carbocycles. The largest absolute Gasteiger partial charge is 0.508 e. The summed E-state index contributed by atoms with van der Waals surface area (Å²) in [4.78, 5) is 0.119. The van der Waals surface area contributed by atoms with Gasteiger partial charge in [-0.25, -0.2) is 8.42 Å². The van der Waals surface area contributed by atoms with E-state index in [9.17, 15) is 13.5 Å². The van der Waals surface area contributed by atoms with E-state index in [1.165, 1.54) is 53.2 Å². The fourth-order valence-electron chi connectivity index (χ4n) is 1.89. The highest BCUT2D eigenvalue weighted by atomic mass is 32.2. The second-order valence-electron chi connectivity index (χ2n) is 4.70. The zero-order chi connectivity index (χ0) is 17.0. The van der Waals surface area contributed by atoms with Crippen LogP contribution in [0.15, 0.2) is 65.0 Å². The maximum Gasteiger partial charge on any atom is 0.243 e. The first-order chi connectivity index (χ1) is 11.5. The molecule has 0 saturated heterocycles. The second-order valence-corrected chi connectivity index (χ2v) is 7.28. The topological polar surface area (TPSA) is 101 Å².